The van der Waals surface area contributed by atoms with Gasteiger partial charge in [-0.2, -0.15) is 0 Å². The molecule has 2 heterocycles. The fourth-order valence-electron chi connectivity index (χ4n) is 3.58. The number of likely N-dealkylation sites (N-methyl/N-ethyl adjacent to an activating group) is 1. The number of amides is 2. The molecule has 0 unspecified atom stereocenters. The summed E-state index contributed by atoms with van der Waals surface area (Å²) in [6.07, 6.45) is 0. The number of rotatable bonds is 2. The summed E-state index contributed by atoms with van der Waals surface area (Å²) in [4.78, 5) is 32.1. The third kappa shape index (κ3) is 3.60. The number of aromatic nitrogens is 1. The first-order chi connectivity index (χ1) is 14.8. The second kappa shape index (κ2) is 7.77. The maximum atomic E-state index is 14.0. The molecule has 0 radical (unpaired) electrons. The Labute approximate surface area is 173 Å². The van der Waals surface area contributed by atoms with E-state index in [1.54, 1.807) is 0 Å². The third-order valence-corrected chi connectivity index (χ3v) is 5.15. The van der Waals surface area contributed by atoms with E-state index in [-0.39, 0.29) is 35.4 Å². The van der Waals surface area contributed by atoms with E-state index in [1.807, 2.05) is 0 Å². The number of urea groups is 1. The highest BCUT2D eigenvalue weighted by Crippen LogP contribution is 2.34. The molecule has 3 aromatic rings. The van der Waals surface area contributed by atoms with Gasteiger partial charge in [0.05, 0.1) is 31.2 Å². The standard InChI is InChI=1S/C21H15F3N4O3/c1-25-16-5-10(3-4-13(16)22)26-21(30)28(2)18-9-31-8-17-19(18)11-6-14(23)15(24)7-12(11)20(29)27-17/h3-7,18H,8-9H2,2H3,(H,26,30)(H,27,29)/t18-/m1/s1. The Morgan fingerprint density at radius 3 is 2.61 bits per heavy atom. The van der Waals surface area contributed by atoms with E-state index in [0.29, 0.717) is 11.3 Å². The fourth-order valence-corrected chi connectivity index (χ4v) is 3.58. The van der Waals surface area contributed by atoms with Gasteiger partial charge in [0.25, 0.3) is 5.56 Å². The van der Waals surface area contributed by atoms with Crippen LogP contribution in [-0.2, 0) is 11.3 Å². The zero-order valence-corrected chi connectivity index (χ0v) is 16.1. The molecule has 0 aliphatic carbocycles. The molecular formula is C21H15F3N4O3. The molecule has 4 rings (SSSR count). The SMILES string of the molecule is [C-]#[N+]c1cc(NC(=O)N(C)[C@@H]2COCc3[nH]c(=O)c4cc(F)c(F)cc4c32)ccc1F. The molecule has 0 saturated carbocycles. The van der Waals surface area contributed by atoms with E-state index >= 15 is 0 Å². The number of nitrogens with zero attached hydrogens (tertiary/aromatic N) is 2. The first-order valence-electron chi connectivity index (χ1n) is 9.12. The lowest BCUT2D eigenvalue weighted by Gasteiger charge is -2.33. The van der Waals surface area contributed by atoms with Gasteiger partial charge in [-0.25, -0.2) is 22.8 Å². The van der Waals surface area contributed by atoms with Crippen molar-refractivity contribution < 1.29 is 22.7 Å². The predicted octanol–water partition coefficient (Wildman–Crippen LogP) is 4.23. The highest BCUT2D eigenvalue weighted by molar-refractivity contribution is 5.91. The highest BCUT2D eigenvalue weighted by Gasteiger charge is 2.31. The van der Waals surface area contributed by atoms with Crippen LogP contribution < -0.4 is 10.9 Å². The van der Waals surface area contributed by atoms with E-state index in [9.17, 15) is 22.8 Å². The topological polar surface area (TPSA) is 78.8 Å². The van der Waals surface area contributed by atoms with Crippen LogP contribution in [0.2, 0.25) is 0 Å². The first-order valence-corrected chi connectivity index (χ1v) is 9.12. The van der Waals surface area contributed by atoms with Crippen LogP contribution in [0.4, 0.5) is 29.3 Å². The lowest BCUT2D eigenvalue weighted by atomic mass is 9.95. The molecule has 1 aliphatic heterocycles. The van der Waals surface area contributed by atoms with Crippen LogP contribution in [0.1, 0.15) is 17.3 Å². The van der Waals surface area contributed by atoms with Gasteiger partial charge < -0.3 is 19.9 Å². The van der Waals surface area contributed by atoms with Gasteiger partial charge in [0.2, 0.25) is 5.69 Å². The Kier molecular flexibility index (Phi) is 5.12. The van der Waals surface area contributed by atoms with Crippen molar-refractivity contribution in [2.75, 3.05) is 19.0 Å². The van der Waals surface area contributed by atoms with E-state index in [4.69, 9.17) is 11.3 Å². The zero-order valence-electron chi connectivity index (χ0n) is 16.1. The minimum Gasteiger partial charge on any atom is -0.373 e. The number of pyridine rings is 1. The number of fused-ring (bicyclic) bond motifs is 3. The van der Waals surface area contributed by atoms with Crippen molar-refractivity contribution in [2.24, 2.45) is 0 Å². The fraction of sp³-hybridized carbons (Fsp3) is 0.190. The van der Waals surface area contributed by atoms with Crippen molar-refractivity contribution in [2.45, 2.75) is 12.6 Å². The number of ether oxygens (including phenoxy) is 1. The van der Waals surface area contributed by atoms with Crippen LogP contribution in [0.25, 0.3) is 15.6 Å². The Morgan fingerprint density at radius 2 is 1.90 bits per heavy atom. The minimum absolute atomic E-state index is 0.0395. The number of aromatic amines is 1. The number of nitrogens with one attached hydrogen (secondary N) is 2. The van der Waals surface area contributed by atoms with Crippen LogP contribution in [0.3, 0.4) is 0 Å². The van der Waals surface area contributed by atoms with E-state index in [1.165, 1.54) is 24.1 Å². The summed E-state index contributed by atoms with van der Waals surface area (Å²) in [5.41, 5.74) is 0.172. The minimum atomic E-state index is -1.15. The molecule has 1 aliphatic rings. The van der Waals surface area contributed by atoms with Gasteiger partial charge in [0, 0.05) is 24.0 Å². The number of benzene rings is 2. The van der Waals surface area contributed by atoms with Gasteiger partial charge in [0.1, 0.15) is 5.82 Å². The summed E-state index contributed by atoms with van der Waals surface area (Å²) in [6, 6.07) is 4.00. The van der Waals surface area contributed by atoms with Gasteiger partial charge in [-0.1, -0.05) is 0 Å². The van der Waals surface area contributed by atoms with Crippen LogP contribution in [0.15, 0.2) is 35.1 Å². The molecule has 31 heavy (non-hydrogen) atoms. The number of hydrogen-bond donors (Lipinski definition) is 2. The van der Waals surface area contributed by atoms with E-state index in [0.717, 1.165) is 18.2 Å². The van der Waals surface area contributed by atoms with Crippen molar-refractivity contribution in [3.63, 3.8) is 0 Å². The molecule has 2 amide bonds. The molecule has 1 atom stereocenters. The van der Waals surface area contributed by atoms with Gasteiger partial charge >= 0.3 is 6.03 Å². The van der Waals surface area contributed by atoms with E-state index in [2.05, 4.69) is 15.1 Å². The smallest absolute Gasteiger partial charge is 0.322 e. The average molecular weight is 428 g/mol. The molecule has 0 bridgehead atoms. The van der Waals surface area contributed by atoms with Gasteiger partial charge in [-0.05, 0) is 35.7 Å². The molecule has 0 spiro atoms. The molecule has 1 aromatic heterocycles. The average Bonchev–Trinajstić information content (AvgIpc) is 2.75. The molecule has 7 nitrogen and oxygen atoms in total. The van der Waals surface area contributed by atoms with Crippen LogP contribution >= 0.6 is 0 Å². The summed E-state index contributed by atoms with van der Waals surface area (Å²) in [7, 11) is 1.47. The third-order valence-electron chi connectivity index (χ3n) is 5.15. The Bertz CT molecular complexity index is 1320. The molecule has 2 N–H and O–H groups in total. The normalized spacial score (nSPS) is 15.3. The Morgan fingerprint density at radius 1 is 1.19 bits per heavy atom. The first kappa shape index (κ1) is 20.4. The van der Waals surface area contributed by atoms with Crippen molar-refractivity contribution in [3.8, 4) is 0 Å². The van der Waals surface area contributed by atoms with Crippen LogP contribution in [0, 0.1) is 24.0 Å². The molecule has 0 saturated heterocycles. The molecule has 10 heteroatoms. The number of halogens is 3. The quantitative estimate of drug-likeness (QED) is 0.600. The lowest BCUT2D eigenvalue weighted by molar-refractivity contribution is 0.0527. The number of carbonyl (C=O) groups is 1. The Hall–Kier alpha value is -3.84. The number of anilines is 1. The van der Waals surface area contributed by atoms with Crippen molar-refractivity contribution in [3.05, 3.63) is 80.8 Å². The van der Waals surface area contributed by atoms with Gasteiger partial charge in [0.15, 0.2) is 11.6 Å². The summed E-state index contributed by atoms with van der Waals surface area (Å²) in [5.74, 6) is -2.98. The summed E-state index contributed by atoms with van der Waals surface area (Å²) < 4.78 is 46.7. The predicted molar refractivity (Wildman–Crippen MR) is 106 cm³/mol. The molecule has 2 aromatic carbocycles. The second-order valence-corrected chi connectivity index (χ2v) is 7.01. The summed E-state index contributed by atoms with van der Waals surface area (Å²) in [6.45, 7) is 7.06. The summed E-state index contributed by atoms with van der Waals surface area (Å²) >= 11 is 0. The highest BCUT2D eigenvalue weighted by atomic mass is 19.2. The summed E-state index contributed by atoms with van der Waals surface area (Å²) in [5, 5.41) is 2.71. The van der Waals surface area contributed by atoms with Gasteiger partial charge in [-0.15, -0.1) is 0 Å². The maximum Gasteiger partial charge on any atom is 0.322 e. The van der Waals surface area contributed by atoms with E-state index < -0.39 is 35.1 Å². The molecular weight excluding hydrogens is 413 g/mol. The number of H-pyrrole nitrogens is 1. The van der Waals surface area contributed by atoms with Crippen molar-refractivity contribution in [1.29, 1.82) is 0 Å². The maximum absolute atomic E-state index is 14.0. The van der Waals surface area contributed by atoms with Crippen molar-refractivity contribution in [1.82, 2.24) is 9.88 Å². The number of carbonyl (C=O) groups excluding carboxylic acids is 1. The van der Waals surface area contributed by atoms with Gasteiger partial charge in [-0.3, -0.25) is 4.79 Å². The zero-order chi connectivity index (χ0) is 22.3. The molecule has 0 fully saturated rings. The largest absolute Gasteiger partial charge is 0.373 e. The van der Waals surface area contributed by atoms with Crippen LogP contribution in [0.5, 0.6) is 0 Å². The monoisotopic (exact) mass is 428 g/mol. The van der Waals surface area contributed by atoms with Crippen LogP contribution in [-0.4, -0.2) is 29.6 Å². The Balaban J connectivity index is 1.73. The number of hydrogen-bond acceptors (Lipinski definition) is 3. The molecule has 158 valence electrons. The lowest BCUT2D eigenvalue weighted by Crippen LogP contribution is -2.39. The second-order valence-electron chi connectivity index (χ2n) is 7.01. The van der Waals surface area contributed by atoms with Crippen molar-refractivity contribution >= 4 is 28.2 Å².